The Morgan fingerprint density at radius 3 is 2.48 bits per heavy atom. The first-order valence-corrected chi connectivity index (χ1v) is 8.99. The van der Waals surface area contributed by atoms with Crippen LogP contribution in [-0.4, -0.2) is 37.8 Å². The smallest absolute Gasteiger partial charge is 0.304 e. The quantitative estimate of drug-likeness (QED) is 0.582. The van der Waals surface area contributed by atoms with Gasteiger partial charge in [-0.2, -0.15) is 4.31 Å². The molecule has 1 unspecified atom stereocenters. The van der Waals surface area contributed by atoms with Crippen molar-refractivity contribution in [2.45, 2.75) is 31.4 Å². The van der Waals surface area contributed by atoms with Crippen LogP contribution in [-0.2, 0) is 10.0 Å². The first-order valence-electron chi connectivity index (χ1n) is 6.73. The van der Waals surface area contributed by atoms with Crippen LogP contribution in [0.15, 0.2) is 10.3 Å². The second-order valence-corrected chi connectivity index (χ2v) is 7.97. The van der Waals surface area contributed by atoms with Crippen LogP contribution in [0.1, 0.15) is 27.2 Å². The molecule has 0 aliphatic heterocycles. The van der Waals surface area contributed by atoms with Crippen LogP contribution in [0.5, 0.6) is 0 Å². The second kappa shape index (κ2) is 7.19. The van der Waals surface area contributed by atoms with E-state index in [1.807, 2.05) is 13.8 Å². The first-order chi connectivity index (χ1) is 9.77. The molecule has 7 nitrogen and oxygen atoms in total. The Kier molecular flexibility index (Phi) is 6.11. The van der Waals surface area contributed by atoms with E-state index in [9.17, 15) is 18.5 Å². The fraction of sp³-hybridized carbons (Fsp3) is 0.667. The number of hydrogen-bond acceptors (Lipinski definition) is 6. The number of nitro groups is 1. The number of anilines is 1. The summed E-state index contributed by atoms with van der Waals surface area (Å²) >= 11 is 0.891. The summed E-state index contributed by atoms with van der Waals surface area (Å²) in [5.41, 5.74) is -0.208. The molecule has 21 heavy (non-hydrogen) atoms. The van der Waals surface area contributed by atoms with Crippen LogP contribution in [0.4, 0.5) is 10.7 Å². The molecule has 120 valence electrons. The molecule has 0 amide bonds. The molecule has 1 rings (SSSR count). The van der Waals surface area contributed by atoms with Crippen LogP contribution in [0, 0.1) is 16.0 Å². The Morgan fingerprint density at radius 2 is 2.10 bits per heavy atom. The molecule has 1 aromatic heterocycles. The summed E-state index contributed by atoms with van der Waals surface area (Å²) in [5.74, 6) is 0.235. The SMILES string of the molecule is CCC(C)CN(CC)S(=O)(=O)c1cc([N+](=O)[O-])c(NC)s1. The summed E-state index contributed by atoms with van der Waals surface area (Å²) < 4.78 is 26.6. The maximum absolute atomic E-state index is 12.6. The van der Waals surface area contributed by atoms with Gasteiger partial charge < -0.3 is 5.32 Å². The lowest BCUT2D eigenvalue weighted by molar-refractivity contribution is -0.383. The Bertz CT molecular complexity index is 598. The summed E-state index contributed by atoms with van der Waals surface area (Å²) in [4.78, 5) is 10.4. The van der Waals surface area contributed by atoms with Crippen molar-refractivity contribution >= 4 is 32.0 Å². The average molecular weight is 335 g/mol. The van der Waals surface area contributed by atoms with E-state index in [-0.39, 0.29) is 20.8 Å². The van der Waals surface area contributed by atoms with E-state index in [0.717, 1.165) is 23.8 Å². The lowest BCUT2D eigenvalue weighted by Gasteiger charge is -2.22. The van der Waals surface area contributed by atoms with E-state index in [1.54, 1.807) is 6.92 Å². The Hall–Kier alpha value is -1.19. The molecule has 1 atom stereocenters. The van der Waals surface area contributed by atoms with Crippen LogP contribution in [0.3, 0.4) is 0 Å². The lowest BCUT2D eigenvalue weighted by Crippen LogP contribution is -2.34. The fourth-order valence-electron chi connectivity index (χ4n) is 1.80. The van der Waals surface area contributed by atoms with E-state index in [0.29, 0.717) is 13.1 Å². The van der Waals surface area contributed by atoms with Gasteiger partial charge in [-0.1, -0.05) is 38.5 Å². The van der Waals surface area contributed by atoms with E-state index in [2.05, 4.69) is 5.32 Å². The van der Waals surface area contributed by atoms with Gasteiger partial charge >= 0.3 is 5.69 Å². The molecule has 0 radical (unpaired) electrons. The van der Waals surface area contributed by atoms with Gasteiger partial charge in [-0.15, -0.1) is 0 Å². The van der Waals surface area contributed by atoms with Gasteiger partial charge in [-0.25, -0.2) is 8.42 Å². The molecule has 0 aliphatic carbocycles. The Labute approximate surface area is 129 Å². The lowest BCUT2D eigenvalue weighted by atomic mass is 10.1. The summed E-state index contributed by atoms with van der Waals surface area (Å²) in [6.07, 6.45) is 0.873. The van der Waals surface area contributed by atoms with Crippen LogP contribution in [0.25, 0.3) is 0 Å². The molecule has 1 N–H and O–H groups in total. The zero-order chi connectivity index (χ0) is 16.2. The first kappa shape index (κ1) is 17.9. The van der Waals surface area contributed by atoms with E-state index < -0.39 is 14.9 Å². The highest BCUT2D eigenvalue weighted by Gasteiger charge is 2.30. The maximum atomic E-state index is 12.6. The monoisotopic (exact) mass is 335 g/mol. The van der Waals surface area contributed by atoms with Gasteiger partial charge in [-0.3, -0.25) is 10.1 Å². The third kappa shape index (κ3) is 3.92. The largest absolute Gasteiger partial charge is 0.374 e. The van der Waals surface area contributed by atoms with Crippen LogP contribution in [0.2, 0.25) is 0 Å². The molecule has 0 aromatic carbocycles. The zero-order valence-corrected chi connectivity index (χ0v) is 14.3. The third-order valence-corrected chi connectivity index (χ3v) is 6.80. The standard InChI is InChI=1S/C12H21N3O4S2/c1-5-9(3)8-14(6-2)21(18,19)11-7-10(15(16)17)12(13-4)20-11/h7,9,13H,5-6,8H2,1-4H3. The van der Waals surface area contributed by atoms with Gasteiger partial charge in [0.2, 0.25) is 0 Å². The minimum absolute atomic E-state index is 0.00343. The Balaban J connectivity index is 3.20. The van der Waals surface area contributed by atoms with E-state index in [1.165, 1.54) is 11.4 Å². The van der Waals surface area contributed by atoms with Crippen LogP contribution >= 0.6 is 11.3 Å². The summed E-state index contributed by atoms with van der Waals surface area (Å²) in [7, 11) is -2.16. The average Bonchev–Trinajstić information content (AvgIpc) is 2.89. The van der Waals surface area contributed by atoms with Crippen molar-refractivity contribution in [2.75, 3.05) is 25.5 Å². The van der Waals surface area contributed by atoms with Gasteiger partial charge in [0.15, 0.2) is 5.00 Å². The molecule has 0 saturated heterocycles. The number of rotatable bonds is 8. The molecule has 0 aliphatic rings. The molecule has 0 bridgehead atoms. The molecule has 0 saturated carbocycles. The minimum atomic E-state index is -3.69. The van der Waals surface area contributed by atoms with Gasteiger partial charge in [0.25, 0.3) is 10.0 Å². The summed E-state index contributed by atoms with van der Waals surface area (Å²) in [6, 6.07) is 1.13. The highest BCUT2D eigenvalue weighted by atomic mass is 32.2. The predicted molar refractivity (Wildman–Crippen MR) is 84.4 cm³/mol. The molecule has 1 heterocycles. The molecular formula is C12H21N3O4S2. The van der Waals surface area contributed by atoms with Gasteiger partial charge in [-0.05, 0) is 5.92 Å². The molecule has 0 spiro atoms. The fourth-order valence-corrected chi connectivity index (χ4v) is 4.81. The van der Waals surface area contributed by atoms with Crippen molar-refractivity contribution in [1.82, 2.24) is 4.31 Å². The van der Waals surface area contributed by atoms with Gasteiger partial charge in [0.05, 0.1) is 4.92 Å². The molecule has 0 fully saturated rings. The van der Waals surface area contributed by atoms with Gasteiger partial charge in [0, 0.05) is 26.2 Å². The molecular weight excluding hydrogens is 314 g/mol. The number of sulfonamides is 1. The predicted octanol–water partition coefficient (Wildman–Crippen LogP) is 2.75. The molecule has 1 aromatic rings. The second-order valence-electron chi connectivity index (χ2n) is 4.76. The van der Waals surface area contributed by atoms with Crippen LogP contribution < -0.4 is 5.32 Å². The van der Waals surface area contributed by atoms with Crippen molar-refractivity contribution < 1.29 is 13.3 Å². The summed E-state index contributed by atoms with van der Waals surface area (Å²) in [5, 5.41) is 13.9. The minimum Gasteiger partial charge on any atom is -0.374 e. The summed E-state index contributed by atoms with van der Waals surface area (Å²) in [6.45, 7) is 6.50. The van der Waals surface area contributed by atoms with E-state index >= 15 is 0 Å². The van der Waals surface area contributed by atoms with E-state index in [4.69, 9.17) is 0 Å². The molecule has 9 heteroatoms. The third-order valence-electron chi connectivity index (χ3n) is 3.27. The topological polar surface area (TPSA) is 92.5 Å². The highest BCUT2D eigenvalue weighted by molar-refractivity contribution is 7.91. The Morgan fingerprint density at radius 1 is 1.48 bits per heavy atom. The normalized spacial score (nSPS) is 13.4. The van der Waals surface area contributed by atoms with Crippen molar-refractivity contribution in [1.29, 1.82) is 0 Å². The van der Waals surface area contributed by atoms with Crippen molar-refractivity contribution in [2.24, 2.45) is 5.92 Å². The maximum Gasteiger partial charge on any atom is 0.304 e. The van der Waals surface area contributed by atoms with Crippen molar-refractivity contribution in [3.05, 3.63) is 16.2 Å². The number of hydrogen-bond donors (Lipinski definition) is 1. The number of nitrogens with one attached hydrogen (secondary N) is 1. The highest BCUT2D eigenvalue weighted by Crippen LogP contribution is 2.37. The van der Waals surface area contributed by atoms with Gasteiger partial charge in [0.1, 0.15) is 4.21 Å². The number of nitrogens with zero attached hydrogens (tertiary/aromatic N) is 2. The number of thiophene rings is 1. The van der Waals surface area contributed by atoms with Crippen molar-refractivity contribution in [3.8, 4) is 0 Å². The zero-order valence-electron chi connectivity index (χ0n) is 12.6. The van der Waals surface area contributed by atoms with Crippen molar-refractivity contribution in [3.63, 3.8) is 0 Å².